The van der Waals surface area contributed by atoms with E-state index in [-0.39, 0.29) is 5.75 Å². The maximum atomic E-state index is 13.6. The van der Waals surface area contributed by atoms with Crippen molar-refractivity contribution in [1.29, 1.82) is 0 Å². The highest BCUT2D eigenvalue weighted by molar-refractivity contribution is 7.97. The zero-order valence-electron chi connectivity index (χ0n) is 17.8. The van der Waals surface area contributed by atoms with Crippen LogP contribution in [0.3, 0.4) is 0 Å². The van der Waals surface area contributed by atoms with E-state index in [1.165, 1.54) is 36.4 Å². The van der Waals surface area contributed by atoms with Crippen molar-refractivity contribution < 1.29 is 31.4 Å². The van der Waals surface area contributed by atoms with E-state index in [0.717, 1.165) is 35.5 Å². The van der Waals surface area contributed by atoms with E-state index in [1.54, 1.807) is 30.3 Å². The van der Waals surface area contributed by atoms with Gasteiger partial charge in [-0.15, -0.1) is 13.2 Å². The lowest BCUT2D eigenvalue weighted by molar-refractivity contribution is -0.275. The first-order valence-corrected chi connectivity index (χ1v) is 11.7. The van der Waals surface area contributed by atoms with Crippen LogP contribution in [0.1, 0.15) is 32.6 Å². The molecular weight excluding hydrogens is 459 g/mol. The Balaban J connectivity index is 1.81. The second-order valence-corrected chi connectivity index (χ2v) is 10.2. The van der Waals surface area contributed by atoms with E-state index < -0.39 is 40.2 Å². The van der Waals surface area contributed by atoms with Gasteiger partial charge in [0.2, 0.25) is 0 Å². The number of halogens is 5. The van der Waals surface area contributed by atoms with Crippen LogP contribution in [0.2, 0.25) is 0 Å². The third-order valence-electron chi connectivity index (χ3n) is 5.49. The van der Waals surface area contributed by atoms with E-state index in [9.17, 15) is 22.0 Å². The molecule has 2 nitrogen and oxygen atoms in total. The van der Waals surface area contributed by atoms with Crippen LogP contribution in [0.25, 0.3) is 0 Å². The number of alkyl halides is 3. The molecule has 0 aliphatic heterocycles. The lowest BCUT2D eigenvalue weighted by Gasteiger charge is -2.27. The monoisotopic (exact) mass is 481 g/mol. The van der Waals surface area contributed by atoms with Gasteiger partial charge in [-0.25, -0.2) is 8.78 Å². The maximum Gasteiger partial charge on any atom is 0.573 e. The summed E-state index contributed by atoms with van der Waals surface area (Å²) in [4.78, 5) is 2.09. The molecule has 0 heterocycles. The standard InChI is InChI=1S/C25H22F5O2S/c1-24(14-2-3-15-24)31-23-16-21(12-13-22(23)32-25(28,29)30)33(19-8-4-17(26)5-9-19)20-10-6-18(27)7-11-20/h4-13,16H,2-3,14-15H2,1H3/q+1. The van der Waals surface area contributed by atoms with Crippen molar-refractivity contribution in [1.82, 2.24) is 0 Å². The number of hydrogen-bond donors (Lipinski definition) is 0. The van der Waals surface area contributed by atoms with Crippen LogP contribution in [0.4, 0.5) is 22.0 Å². The molecule has 1 aliphatic rings. The minimum Gasteiger partial charge on any atom is -0.483 e. The lowest BCUT2D eigenvalue weighted by Crippen LogP contribution is -2.29. The smallest absolute Gasteiger partial charge is 0.483 e. The molecule has 0 radical (unpaired) electrons. The van der Waals surface area contributed by atoms with Crippen molar-refractivity contribution >= 4 is 10.9 Å². The topological polar surface area (TPSA) is 18.5 Å². The summed E-state index contributed by atoms with van der Waals surface area (Å²) in [6.45, 7) is 1.88. The molecule has 0 atom stereocenters. The molecule has 3 aromatic rings. The van der Waals surface area contributed by atoms with E-state index in [2.05, 4.69) is 4.74 Å². The van der Waals surface area contributed by atoms with Crippen LogP contribution in [-0.4, -0.2) is 12.0 Å². The Morgan fingerprint density at radius 3 is 1.70 bits per heavy atom. The molecule has 4 rings (SSSR count). The summed E-state index contributed by atoms with van der Waals surface area (Å²) in [5, 5.41) is 0. The number of ether oxygens (including phenoxy) is 2. The molecule has 0 amide bonds. The van der Waals surface area contributed by atoms with Gasteiger partial charge in [-0.3, -0.25) is 0 Å². The Kier molecular flexibility index (Phi) is 6.56. The first-order chi connectivity index (χ1) is 15.6. The van der Waals surface area contributed by atoms with Crippen molar-refractivity contribution in [3.05, 3.63) is 78.4 Å². The minimum absolute atomic E-state index is 0.00375. The van der Waals surface area contributed by atoms with E-state index >= 15 is 0 Å². The first kappa shape index (κ1) is 23.4. The molecule has 1 fully saturated rings. The molecule has 8 heteroatoms. The predicted molar refractivity (Wildman–Crippen MR) is 116 cm³/mol. The first-order valence-electron chi connectivity index (χ1n) is 10.5. The van der Waals surface area contributed by atoms with Crippen molar-refractivity contribution in [2.75, 3.05) is 0 Å². The van der Waals surface area contributed by atoms with Crippen LogP contribution in [0.5, 0.6) is 11.5 Å². The Bertz CT molecular complexity index is 1050. The molecular formula is C25H22F5O2S+. The van der Waals surface area contributed by atoms with Gasteiger partial charge >= 0.3 is 6.36 Å². The quantitative estimate of drug-likeness (QED) is 0.266. The molecule has 33 heavy (non-hydrogen) atoms. The zero-order chi connectivity index (χ0) is 23.6. The van der Waals surface area contributed by atoms with Gasteiger partial charge < -0.3 is 9.47 Å². The molecule has 0 aromatic heterocycles. The van der Waals surface area contributed by atoms with Gasteiger partial charge in [0.05, 0.1) is 10.9 Å². The minimum atomic E-state index is -4.87. The van der Waals surface area contributed by atoms with Crippen molar-refractivity contribution in [3.8, 4) is 11.5 Å². The second kappa shape index (κ2) is 9.25. The second-order valence-electron chi connectivity index (χ2n) is 8.13. The Morgan fingerprint density at radius 2 is 1.21 bits per heavy atom. The van der Waals surface area contributed by atoms with Gasteiger partial charge in [-0.05, 0) is 93.3 Å². The fourth-order valence-electron chi connectivity index (χ4n) is 3.94. The summed E-state index contributed by atoms with van der Waals surface area (Å²) in [5.41, 5.74) is -0.591. The summed E-state index contributed by atoms with van der Waals surface area (Å²) in [6.07, 6.45) is -1.55. The maximum absolute atomic E-state index is 13.6. The largest absolute Gasteiger partial charge is 0.573 e. The lowest BCUT2D eigenvalue weighted by atomic mass is 10.1. The fourth-order valence-corrected chi connectivity index (χ4v) is 6.01. The normalized spacial score (nSPS) is 15.6. The highest BCUT2D eigenvalue weighted by atomic mass is 32.2. The molecule has 174 valence electrons. The highest BCUT2D eigenvalue weighted by Crippen LogP contribution is 2.42. The van der Waals surface area contributed by atoms with Gasteiger partial charge in [0.25, 0.3) is 0 Å². The van der Waals surface area contributed by atoms with Gasteiger partial charge in [0.1, 0.15) is 17.2 Å². The summed E-state index contributed by atoms with van der Waals surface area (Å²) in [7, 11) is -0.840. The average molecular weight is 482 g/mol. The SMILES string of the molecule is CC1(Oc2cc([S+](c3ccc(F)cc3)c3ccc(F)cc3)ccc2OC(F)(F)F)CCCC1. The van der Waals surface area contributed by atoms with Crippen LogP contribution in [-0.2, 0) is 10.9 Å². The van der Waals surface area contributed by atoms with E-state index in [1.807, 2.05) is 6.92 Å². The third-order valence-corrected chi connectivity index (χ3v) is 7.71. The summed E-state index contributed by atoms with van der Waals surface area (Å²) >= 11 is 0. The van der Waals surface area contributed by atoms with Gasteiger partial charge in [-0.2, -0.15) is 0 Å². The van der Waals surface area contributed by atoms with E-state index in [4.69, 9.17) is 4.74 Å². The Hall–Kier alpha value is -2.74. The van der Waals surface area contributed by atoms with Crippen molar-refractivity contribution in [2.24, 2.45) is 0 Å². The molecule has 1 aliphatic carbocycles. The third kappa shape index (κ3) is 5.79. The molecule has 0 unspecified atom stereocenters. The Morgan fingerprint density at radius 1 is 0.727 bits per heavy atom. The predicted octanol–water partition coefficient (Wildman–Crippen LogP) is 7.67. The van der Waals surface area contributed by atoms with Crippen LogP contribution in [0.15, 0.2) is 81.4 Å². The number of benzene rings is 3. The molecule has 0 N–H and O–H groups in total. The molecule has 0 spiro atoms. The number of rotatable bonds is 6. The highest BCUT2D eigenvalue weighted by Gasteiger charge is 2.37. The average Bonchev–Trinajstić information content (AvgIpc) is 3.18. The molecule has 0 bridgehead atoms. The molecule has 3 aromatic carbocycles. The van der Waals surface area contributed by atoms with Crippen LogP contribution >= 0.6 is 0 Å². The van der Waals surface area contributed by atoms with Crippen LogP contribution < -0.4 is 9.47 Å². The van der Waals surface area contributed by atoms with Crippen molar-refractivity contribution in [3.63, 3.8) is 0 Å². The van der Waals surface area contributed by atoms with Crippen LogP contribution in [0, 0.1) is 11.6 Å². The number of hydrogen-bond acceptors (Lipinski definition) is 2. The van der Waals surface area contributed by atoms with Gasteiger partial charge in [0, 0.05) is 6.07 Å². The molecule has 1 saturated carbocycles. The molecule has 0 saturated heterocycles. The fraction of sp³-hybridized carbons (Fsp3) is 0.280. The van der Waals surface area contributed by atoms with E-state index in [0.29, 0.717) is 4.90 Å². The van der Waals surface area contributed by atoms with Gasteiger partial charge in [0.15, 0.2) is 26.2 Å². The Labute approximate surface area is 191 Å². The van der Waals surface area contributed by atoms with Gasteiger partial charge in [-0.1, -0.05) is 0 Å². The zero-order valence-corrected chi connectivity index (χ0v) is 18.6. The summed E-state index contributed by atoms with van der Waals surface area (Å²) in [6, 6.07) is 16.0. The summed E-state index contributed by atoms with van der Waals surface area (Å²) in [5.74, 6) is -1.24. The summed E-state index contributed by atoms with van der Waals surface area (Å²) < 4.78 is 76.6. The van der Waals surface area contributed by atoms with Crippen molar-refractivity contribution in [2.45, 2.75) is 59.3 Å².